The average molecular weight is 316 g/mol. The molecule has 0 aliphatic rings. The number of aryl methyl sites for hydroxylation is 1. The van der Waals surface area contributed by atoms with Crippen LogP contribution >= 0.6 is 0 Å². The van der Waals surface area contributed by atoms with Crippen molar-refractivity contribution in [3.8, 4) is 11.1 Å². The molecule has 0 amide bonds. The Hall–Kier alpha value is -2.60. The summed E-state index contributed by atoms with van der Waals surface area (Å²) in [4.78, 5) is 0. The monoisotopic (exact) mass is 316 g/mol. The average Bonchev–Trinajstić information content (AvgIpc) is 2.95. The van der Waals surface area contributed by atoms with Crippen molar-refractivity contribution in [1.29, 1.82) is 0 Å². The molecule has 1 unspecified atom stereocenters. The largest absolute Gasteiger partial charge is 0.425 e. The standard InChI is InChI=1S/C17H14F2N2O2/c1-10-20-21-17(23-10)9-16(22)13-4-2-3-11(7-13)12-5-6-14(18)15(19)8-12/h2-8,16,22H,9H2,1H3. The molecule has 1 heterocycles. The van der Waals surface area contributed by atoms with Crippen LogP contribution in [-0.2, 0) is 6.42 Å². The number of hydrogen-bond acceptors (Lipinski definition) is 4. The Morgan fingerprint density at radius 1 is 1.04 bits per heavy atom. The first kappa shape index (κ1) is 15.3. The maximum atomic E-state index is 13.4. The molecule has 1 atom stereocenters. The van der Waals surface area contributed by atoms with Gasteiger partial charge in [-0.1, -0.05) is 24.3 Å². The third kappa shape index (κ3) is 3.43. The Morgan fingerprint density at radius 3 is 2.52 bits per heavy atom. The molecule has 0 bridgehead atoms. The van der Waals surface area contributed by atoms with E-state index in [9.17, 15) is 13.9 Å². The zero-order chi connectivity index (χ0) is 16.4. The van der Waals surface area contributed by atoms with Gasteiger partial charge in [-0.25, -0.2) is 8.78 Å². The SMILES string of the molecule is Cc1nnc(CC(O)c2cccc(-c3ccc(F)c(F)c3)c2)o1. The Bertz CT molecular complexity index is 833. The van der Waals surface area contributed by atoms with Gasteiger partial charge in [-0.15, -0.1) is 10.2 Å². The van der Waals surface area contributed by atoms with Gasteiger partial charge in [0.25, 0.3) is 0 Å². The number of aliphatic hydroxyl groups excluding tert-OH is 1. The zero-order valence-electron chi connectivity index (χ0n) is 12.3. The van der Waals surface area contributed by atoms with Crippen LogP contribution in [-0.4, -0.2) is 15.3 Å². The van der Waals surface area contributed by atoms with Crippen LogP contribution in [0, 0.1) is 18.6 Å². The lowest BCUT2D eigenvalue weighted by Crippen LogP contribution is -2.02. The van der Waals surface area contributed by atoms with Crippen molar-refractivity contribution < 1.29 is 18.3 Å². The van der Waals surface area contributed by atoms with Crippen LogP contribution in [0.15, 0.2) is 46.9 Å². The summed E-state index contributed by atoms with van der Waals surface area (Å²) in [5, 5.41) is 17.8. The minimum atomic E-state index is -0.908. The van der Waals surface area contributed by atoms with Gasteiger partial charge in [0, 0.05) is 6.92 Å². The van der Waals surface area contributed by atoms with E-state index in [1.165, 1.54) is 6.07 Å². The maximum Gasteiger partial charge on any atom is 0.219 e. The number of hydrogen-bond donors (Lipinski definition) is 1. The summed E-state index contributed by atoms with van der Waals surface area (Å²) in [6.45, 7) is 1.67. The van der Waals surface area contributed by atoms with Crippen molar-refractivity contribution in [2.24, 2.45) is 0 Å². The summed E-state index contributed by atoms with van der Waals surface area (Å²) in [6.07, 6.45) is -0.651. The number of aromatic nitrogens is 2. The minimum absolute atomic E-state index is 0.183. The molecular formula is C17H14F2N2O2. The van der Waals surface area contributed by atoms with Gasteiger partial charge in [0.15, 0.2) is 11.6 Å². The van der Waals surface area contributed by atoms with E-state index in [0.29, 0.717) is 28.5 Å². The Kier molecular flexibility index (Phi) is 4.16. The second kappa shape index (κ2) is 6.26. The van der Waals surface area contributed by atoms with Crippen LogP contribution in [0.3, 0.4) is 0 Å². The van der Waals surface area contributed by atoms with Gasteiger partial charge in [0.1, 0.15) is 0 Å². The summed E-state index contributed by atoms with van der Waals surface area (Å²) < 4.78 is 31.6. The molecule has 0 saturated carbocycles. The predicted molar refractivity (Wildman–Crippen MR) is 79.5 cm³/mol. The van der Waals surface area contributed by atoms with Crippen LogP contribution in [0.1, 0.15) is 23.4 Å². The highest BCUT2D eigenvalue weighted by Crippen LogP contribution is 2.26. The van der Waals surface area contributed by atoms with Crippen molar-refractivity contribution in [1.82, 2.24) is 10.2 Å². The van der Waals surface area contributed by atoms with Gasteiger partial charge in [-0.2, -0.15) is 0 Å². The van der Waals surface area contributed by atoms with Crippen LogP contribution in [0.4, 0.5) is 8.78 Å². The van der Waals surface area contributed by atoms with E-state index in [2.05, 4.69) is 10.2 Å². The molecule has 1 aromatic heterocycles. The summed E-state index contributed by atoms with van der Waals surface area (Å²) >= 11 is 0. The summed E-state index contributed by atoms with van der Waals surface area (Å²) in [5.74, 6) is -1.03. The van der Waals surface area contributed by atoms with E-state index in [-0.39, 0.29) is 6.42 Å². The number of halogens is 2. The van der Waals surface area contributed by atoms with Crippen molar-refractivity contribution in [3.63, 3.8) is 0 Å². The van der Waals surface area contributed by atoms with Crippen LogP contribution in [0.2, 0.25) is 0 Å². The lowest BCUT2D eigenvalue weighted by atomic mass is 9.99. The van der Waals surface area contributed by atoms with Gasteiger partial charge in [-0.05, 0) is 34.9 Å². The number of aliphatic hydroxyl groups is 1. The summed E-state index contributed by atoms with van der Waals surface area (Å²) in [7, 11) is 0. The smallest absolute Gasteiger partial charge is 0.219 e. The van der Waals surface area contributed by atoms with Crippen LogP contribution in [0.5, 0.6) is 0 Å². The van der Waals surface area contributed by atoms with Crippen molar-refractivity contribution >= 4 is 0 Å². The number of benzene rings is 2. The fourth-order valence-corrected chi connectivity index (χ4v) is 2.30. The number of nitrogens with zero attached hydrogens (tertiary/aromatic N) is 2. The van der Waals surface area contributed by atoms with E-state index >= 15 is 0 Å². The van der Waals surface area contributed by atoms with Crippen molar-refractivity contribution in [3.05, 3.63) is 71.4 Å². The van der Waals surface area contributed by atoms with E-state index < -0.39 is 17.7 Å². The lowest BCUT2D eigenvalue weighted by molar-refractivity contribution is 0.168. The molecular weight excluding hydrogens is 302 g/mol. The predicted octanol–water partition coefficient (Wildman–Crippen LogP) is 3.60. The molecule has 3 aromatic rings. The highest BCUT2D eigenvalue weighted by molar-refractivity contribution is 5.64. The summed E-state index contributed by atoms with van der Waals surface area (Å²) in [5.41, 5.74) is 1.84. The highest BCUT2D eigenvalue weighted by Gasteiger charge is 2.14. The van der Waals surface area contributed by atoms with Crippen molar-refractivity contribution in [2.75, 3.05) is 0 Å². The number of rotatable bonds is 4. The molecule has 4 nitrogen and oxygen atoms in total. The van der Waals surface area contributed by atoms with E-state index in [4.69, 9.17) is 4.42 Å². The topological polar surface area (TPSA) is 59.2 Å². The molecule has 0 aliphatic heterocycles. The fourth-order valence-electron chi connectivity index (χ4n) is 2.30. The third-order valence-electron chi connectivity index (χ3n) is 3.46. The van der Waals surface area contributed by atoms with E-state index in [1.807, 2.05) is 0 Å². The molecule has 0 aliphatic carbocycles. The van der Waals surface area contributed by atoms with Crippen molar-refractivity contribution in [2.45, 2.75) is 19.4 Å². The first-order chi connectivity index (χ1) is 11.0. The third-order valence-corrected chi connectivity index (χ3v) is 3.46. The molecule has 118 valence electrons. The minimum Gasteiger partial charge on any atom is -0.425 e. The van der Waals surface area contributed by atoms with E-state index in [0.717, 1.165) is 12.1 Å². The summed E-state index contributed by atoms with van der Waals surface area (Å²) in [6, 6.07) is 10.7. The molecule has 0 spiro atoms. The van der Waals surface area contributed by atoms with Gasteiger partial charge >= 0.3 is 0 Å². The molecule has 2 aromatic carbocycles. The first-order valence-electron chi connectivity index (χ1n) is 7.05. The van der Waals surface area contributed by atoms with Gasteiger partial charge in [-0.3, -0.25) is 0 Å². The van der Waals surface area contributed by atoms with Gasteiger partial charge in [0.2, 0.25) is 11.8 Å². The molecule has 1 N–H and O–H groups in total. The molecule has 23 heavy (non-hydrogen) atoms. The molecule has 0 radical (unpaired) electrons. The molecule has 0 fully saturated rings. The Balaban J connectivity index is 1.85. The fraction of sp³-hybridized carbons (Fsp3) is 0.176. The molecule has 6 heteroatoms. The van der Waals surface area contributed by atoms with Gasteiger partial charge < -0.3 is 9.52 Å². The normalized spacial score (nSPS) is 12.3. The van der Waals surface area contributed by atoms with Crippen LogP contribution in [0.25, 0.3) is 11.1 Å². The highest BCUT2D eigenvalue weighted by atomic mass is 19.2. The molecule has 3 rings (SSSR count). The maximum absolute atomic E-state index is 13.4. The Labute approximate surface area is 131 Å². The van der Waals surface area contributed by atoms with Crippen LogP contribution < -0.4 is 0 Å². The van der Waals surface area contributed by atoms with Gasteiger partial charge in [0.05, 0.1) is 12.5 Å². The second-order valence-corrected chi connectivity index (χ2v) is 5.19. The quantitative estimate of drug-likeness (QED) is 0.799. The Morgan fingerprint density at radius 2 is 1.83 bits per heavy atom. The second-order valence-electron chi connectivity index (χ2n) is 5.19. The van der Waals surface area contributed by atoms with E-state index in [1.54, 1.807) is 31.2 Å². The zero-order valence-corrected chi connectivity index (χ0v) is 12.3. The first-order valence-corrected chi connectivity index (χ1v) is 7.05. The lowest BCUT2D eigenvalue weighted by Gasteiger charge is -2.11. The molecule has 0 saturated heterocycles.